The molecule has 1 heterocycles. The molecule has 1 amide bonds. The number of amides is 1. The normalized spacial score (nSPS) is 22.1. The van der Waals surface area contributed by atoms with Crippen LogP contribution in [0.3, 0.4) is 0 Å². The monoisotopic (exact) mass is 225 g/mol. The number of hydrogen-bond acceptors (Lipinski definition) is 2. The number of rotatable bonds is 6. The summed E-state index contributed by atoms with van der Waals surface area (Å²) in [5.41, 5.74) is 0. The number of carbonyl (C=O) groups excluding carboxylic acids is 1. The summed E-state index contributed by atoms with van der Waals surface area (Å²) in [6.07, 6.45) is 5.70. The van der Waals surface area contributed by atoms with Crippen LogP contribution in [0.5, 0.6) is 0 Å². The highest BCUT2D eigenvalue weighted by Crippen LogP contribution is 2.18. The van der Waals surface area contributed by atoms with Crippen molar-refractivity contribution in [3.05, 3.63) is 12.7 Å². The van der Waals surface area contributed by atoms with Gasteiger partial charge in [0.25, 0.3) is 5.91 Å². The summed E-state index contributed by atoms with van der Waals surface area (Å²) in [7, 11) is 0. The Morgan fingerprint density at radius 2 is 2.44 bits per heavy atom. The lowest BCUT2D eigenvalue weighted by Crippen LogP contribution is -2.41. The van der Waals surface area contributed by atoms with Gasteiger partial charge in [0, 0.05) is 19.2 Å². The van der Waals surface area contributed by atoms with Crippen LogP contribution >= 0.6 is 0 Å². The second-order valence-corrected chi connectivity index (χ2v) is 4.47. The van der Waals surface area contributed by atoms with Crippen molar-refractivity contribution >= 4 is 5.91 Å². The fourth-order valence-electron chi connectivity index (χ4n) is 2.05. The van der Waals surface area contributed by atoms with E-state index in [-0.39, 0.29) is 12.0 Å². The van der Waals surface area contributed by atoms with Crippen LogP contribution < -0.4 is 0 Å². The molecule has 0 aromatic heterocycles. The summed E-state index contributed by atoms with van der Waals surface area (Å²) in [6, 6.07) is 0.381. The van der Waals surface area contributed by atoms with E-state index in [0.717, 1.165) is 32.2 Å². The van der Waals surface area contributed by atoms with Gasteiger partial charge in [-0.3, -0.25) is 4.79 Å². The highest BCUT2D eigenvalue weighted by Gasteiger charge is 2.28. The third kappa shape index (κ3) is 3.63. The first-order valence-corrected chi connectivity index (χ1v) is 6.19. The molecular formula is C13H23NO2. The van der Waals surface area contributed by atoms with Crippen molar-refractivity contribution in [1.29, 1.82) is 0 Å². The Morgan fingerprint density at radius 1 is 1.69 bits per heavy atom. The second kappa shape index (κ2) is 6.69. The van der Waals surface area contributed by atoms with Gasteiger partial charge in [0.15, 0.2) is 0 Å². The fraction of sp³-hybridized carbons (Fsp3) is 0.769. The van der Waals surface area contributed by atoms with Crippen LogP contribution in [0, 0.1) is 0 Å². The van der Waals surface area contributed by atoms with Gasteiger partial charge in [-0.2, -0.15) is 0 Å². The van der Waals surface area contributed by atoms with Crippen molar-refractivity contribution in [1.82, 2.24) is 4.90 Å². The van der Waals surface area contributed by atoms with E-state index in [4.69, 9.17) is 4.74 Å². The van der Waals surface area contributed by atoms with Crippen molar-refractivity contribution in [3.63, 3.8) is 0 Å². The zero-order valence-electron chi connectivity index (χ0n) is 10.4. The van der Waals surface area contributed by atoms with Crippen molar-refractivity contribution in [2.75, 3.05) is 13.2 Å². The average molecular weight is 225 g/mol. The van der Waals surface area contributed by atoms with Crippen LogP contribution in [0.15, 0.2) is 12.7 Å². The molecule has 0 aromatic carbocycles. The number of likely N-dealkylation sites (tertiary alicyclic amines) is 1. The van der Waals surface area contributed by atoms with E-state index >= 15 is 0 Å². The maximum atomic E-state index is 12.0. The molecule has 0 saturated carbocycles. The van der Waals surface area contributed by atoms with Crippen LogP contribution in [0.1, 0.15) is 39.5 Å². The quantitative estimate of drug-likeness (QED) is 0.513. The summed E-state index contributed by atoms with van der Waals surface area (Å²) in [6.45, 7) is 9.14. The van der Waals surface area contributed by atoms with E-state index in [2.05, 4.69) is 13.5 Å². The molecule has 1 unspecified atom stereocenters. The first kappa shape index (κ1) is 13.2. The minimum Gasteiger partial charge on any atom is -0.369 e. The second-order valence-electron chi connectivity index (χ2n) is 4.47. The van der Waals surface area contributed by atoms with Crippen LogP contribution in [-0.4, -0.2) is 36.1 Å². The van der Waals surface area contributed by atoms with E-state index in [0.29, 0.717) is 12.6 Å². The zero-order valence-corrected chi connectivity index (χ0v) is 10.4. The first-order chi connectivity index (χ1) is 7.66. The van der Waals surface area contributed by atoms with Gasteiger partial charge >= 0.3 is 0 Å². The molecule has 3 nitrogen and oxygen atoms in total. The van der Waals surface area contributed by atoms with Crippen molar-refractivity contribution in [3.8, 4) is 0 Å². The Kier molecular flexibility index (Phi) is 5.53. The van der Waals surface area contributed by atoms with Gasteiger partial charge in [0.2, 0.25) is 0 Å². The Morgan fingerprint density at radius 3 is 3.00 bits per heavy atom. The molecule has 1 aliphatic rings. The number of nitrogens with zero attached hydrogens (tertiary/aromatic N) is 1. The molecular weight excluding hydrogens is 202 g/mol. The Balaban J connectivity index is 2.27. The molecule has 0 N–H and O–H groups in total. The maximum absolute atomic E-state index is 12.0. The van der Waals surface area contributed by atoms with Crippen molar-refractivity contribution < 1.29 is 9.53 Å². The molecule has 16 heavy (non-hydrogen) atoms. The van der Waals surface area contributed by atoms with Gasteiger partial charge in [-0.15, -0.1) is 6.58 Å². The molecule has 0 spiro atoms. The topological polar surface area (TPSA) is 29.5 Å². The van der Waals surface area contributed by atoms with Crippen molar-refractivity contribution in [2.45, 2.75) is 51.7 Å². The Bertz CT molecular complexity index is 240. The van der Waals surface area contributed by atoms with Gasteiger partial charge < -0.3 is 9.64 Å². The standard InChI is InChI=1S/C13H23NO2/c1-4-5-6-10-16-12(3)13(15)14-9-7-8-11(14)2/h4,11-12H,1,5-10H2,2-3H3/t11?,12-/m1/s1. The molecule has 0 aliphatic carbocycles. The number of hydrogen-bond donors (Lipinski definition) is 0. The van der Waals surface area contributed by atoms with E-state index < -0.39 is 0 Å². The summed E-state index contributed by atoms with van der Waals surface area (Å²) in [5, 5.41) is 0. The fourth-order valence-corrected chi connectivity index (χ4v) is 2.05. The minimum absolute atomic E-state index is 0.142. The maximum Gasteiger partial charge on any atom is 0.251 e. The number of carbonyl (C=O) groups is 1. The van der Waals surface area contributed by atoms with Gasteiger partial charge in [0.05, 0.1) is 0 Å². The summed E-state index contributed by atoms with van der Waals surface area (Å²) in [5.74, 6) is 0.142. The van der Waals surface area contributed by atoms with Gasteiger partial charge in [-0.05, 0) is 39.5 Å². The third-order valence-electron chi connectivity index (χ3n) is 3.10. The highest BCUT2D eigenvalue weighted by molar-refractivity contribution is 5.81. The third-order valence-corrected chi connectivity index (χ3v) is 3.10. The lowest BCUT2D eigenvalue weighted by molar-refractivity contribution is -0.143. The summed E-state index contributed by atoms with van der Waals surface area (Å²) >= 11 is 0. The molecule has 92 valence electrons. The molecule has 3 heteroatoms. The number of allylic oxidation sites excluding steroid dienone is 1. The van der Waals surface area contributed by atoms with Gasteiger partial charge in [-0.1, -0.05) is 6.08 Å². The molecule has 0 bridgehead atoms. The highest BCUT2D eigenvalue weighted by atomic mass is 16.5. The minimum atomic E-state index is -0.301. The van der Waals surface area contributed by atoms with E-state index in [1.54, 1.807) is 0 Å². The number of unbranched alkanes of at least 4 members (excludes halogenated alkanes) is 1. The van der Waals surface area contributed by atoms with Gasteiger partial charge in [-0.25, -0.2) is 0 Å². The van der Waals surface area contributed by atoms with E-state index in [1.165, 1.54) is 0 Å². The van der Waals surface area contributed by atoms with E-state index in [1.807, 2.05) is 17.9 Å². The SMILES string of the molecule is C=CCCCO[C@H](C)C(=O)N1CCCC1C. The molecule has 1 fully saturated rings. The van der Waals surface area contributed by atoms with Gasteiger partial charge in [0.1, 0.15) is 6.10 Å². The smallest absolute Gasteiger partial charge is 0.251 e. The molecule has 1 aliphatic heterocycles. The summed E-state index contributed by atoms with van der Waals surface area (Å²) in [4.78, 5) is 13.9. The average Bonchev–Trinajstić information content (AvgIpc) is 2.69. The predicted octanol–water partition coefficient (Wildman–Crippen LogP) is 2.37. The van der Waals surface area contributed by atoms with Crippen molar-refractivity contribution in [2.24, 2.45) is 0 Å². The first-order valence-electron chi connectivity index (χ1n) is 6.19. The molecule has 1 saturated heterocycles. The molecule has 1 rings (SSSR count). The van der Waals surface area contributed by atoms with E-state index in [9.17, 15) is 4.79 Å². The Hall–Kier alpha value is -0.830. The summed E-state index contributed by atoms with van der Waals surface area (Å²) < 4.78 is 5.53. The molecule has 0 radical (unpaired) electrons. The lowest BCUT2D eigenvalue weighted by Gasteiger charge is -2.25. The van der Waals surface area contributed by atoms with Crippen LogP contribution in [-0.2, 0) is 9.53 Å². The zero-order chi connectivity index (χ0) is 12.0. The largest absolute Gasteiger partial charge is 0.369 e. The molecule has 0 aromatic rings. The lowest BCUT2D eigenvalue weighted by atomic mass is 10.2. The van der Waals surface area contributed by atoms with Crippen LogP contribution in [0.2, 0.25) is 0 Å². The van der Waals surface area contributed by atoms with Crippen LogP contribution in [0.25, 0.3) is 0 Å². The van der Waals surface area contributed by atoms with Crippen LogP contribution in [0.4, 0.5) is 0 Å². The number of ether oxygens (including phenoxy) is 1. The predicted molar refractivity (Wildman–Crippen MR) is 65.3 cm³/mol. The Labute approximate surface area is 98.5 Å². The molecule has 2 atom stereocenters.